The lowest BCUT2D eigenvalue weighted by molar-refractivity contribution is -0.139. The summed E-state index contributed by atoms with van der Waals surface area (Å²) < 4.78 is 4.88. The van der Waals surface area contributed by atoms with Gasteiger partial charge in [-0.2, -0.15) is 0 Å². The Labute approximate surface area is 84.1 Å². The molecule has 0 saturated heterocycles. The van der Waals surface area contributed by atoms with E-state index in [1.165, 1.54) is 0 Å². The number of hydrogen-bond donors (Lipinski definition) is 0. The molecule has 1 atom stereocenters. The number of carbonyl (C=O) groups excluding carboxylic acids is 2. The number of Topliss-reactive ketones (excluding diaryl/α,β-unsaturated/α-hetero) is 1. The van der Waals surface area contributed by atoms with Crippen LogP contribution in [0.3, 0.4) is 0 Å². The van der Waals surface area contributed by atoms with E-state index in [0.717, 1.165) is 12.0 Å². The molecule has 3 heteroatoms. The summed E-state index contributed by atoms with van der Waals surface area (Å²) in [5.41, 5.74) is 0.726. The van der Waals surface area contributed by atoms with E-state index >= 15 is 0 Å². The lowest BCUT2D eigenvalue weighted by Crippen LogP contribution is -2.18. The van der Waals surface area contributed by atoms with E-state index in [1.54, 1.807) is 13.8 Å². The molecule has 1 aliphatic rings. The van der Waals surface area contributed by atoms with Crippen molar-refractivity contribution in [3.8, 4) is 0 Å². The standard InChI is InChI=1S/C11H16O3/c1-3-14-11(13)10-6-4-9(5-7-10)8(2)12/h6,9H,3-5,7H2,1-2H3/t9-/m0/s1. The van der Waals surface area contributed by atoms with Crippen molar-refractivity contribution >= 4 is 11.8 Å². The van der Waals surface area contributed by atoms with Crippen LogP contribution in [-0.4, -0.2) is 18.4 Å². The van der Waals surface area contributed by atoms with Crippen LogP contribution >= 0.6 is 0 Å². The lowest BCUT2D eigenvalue weighted by Gasteiger charge is -2.18. The van der Waals surface area contributed by atoms with Gasteiger partial charge in [0.05, 0.1) is 6.61 Å². The molecule has 0 N–H and O–H groups in total. The molecule has 0 saturated carbocycles. The van der Waals surface area contributed by atoms with Crippen LogP contribution < -0.4 is 0 Å². The van der Waals surface area contributed by atoms with Gasteiger partial charge in [-0.05, 0) is 33.1 Å². The van der Waals surface area contributed by atoms with Crippen LogP contribution in [0.15, 0.2) is 11.6 Å². The first-order valence-corrected chi connectivity index (χ1v) is 5.01. The van der Waals surface area contributed by atoms with Gasteiger partial charge in [-0.1, -0.05) is 6.08 Å². The van der Waals surface area contributed by atoms with E-state index in [1.807, 2.05) is 6.08 Å². The predicted molar refractivity (Wildman–Crippen MR) is 52.7 cm³/mol. The molecule has 78 valence electrons. The van der Waals surface area contributed by atoms with Crippen molar-refractivity contribution in [2.45, 2.75) is 33.1 Å². The minimum Gasteiger partial charge on any atom is -0.463 e. The number of esters is 1. The maximum absolute atomic E-state index is 11.3. The quantitative estimate of drug-likeness (QED) is 0.647. The normalized spacial score (nSPS) is 21.3. The molecule has 1 aliphatic carbocycles. The van der Waals surface area contributed by atoms with Gasteiger partial charge in [0, 0.05) is 11.5 Å². The van der Waals surface area contributed by atoms with Crippen LogP contribution in [0.5, 0.6) is 0 Å². The Morgan fingerprint density at radius 2 is 2.29 bits per heavy atom. The molecule has 0 aliphatic heterocycles. The van der Waals surface area contributed by atoms with Crippen molar-refractivity contribution in [3.05, 3.63) is 11.6 Å². The van der Waals surface area contributed by atoms with E-state index < -0.39 is 0 Å². The average Bonchev–Trinajstić information content (AvgIpc) is 2.18. The number of ether oxygens (including phenoxy) is 1. The monoisotopic (exact) mass is 196 g/mol. The third kappa shape index (κ3) is 2.69. The smallest absolute Gasteiger partial charge is 0.333 e. The van der Waals surface area contributed by atoms with Crippen molar-refractivity contribution < 1.29 is 14.3 Å². The number of ketones is 1. The molecule has 0 heterocycles. The highest BCUT2D eigenvalue weighted by Crippen LogP contribution is 2.24. The average molecular weight is 196 g/mol. The summed E-state index contributed by atoms with van der Waals surface area (Å²) in [6, 6.07) is 0. The molecule has 0 aromatic carbocycles. The van der Waals surface area contributed by atoms with Gasteiger partial charge in [0.15, 0.2) is 0 Å². The molecular weight excluding hydrogens is 180 g/mol. The second-order valence-corrected chi connectivity index (χ2v) is 3.53. The first-order chi connectivity index (χ1) is 6.65. The Hall–Kier alpha value is -1.12. The van der Waals surface area contributed by atoms with Gasteiger partial charge in [0.25, 0.3) is 0 Å². The van der Waals surface area contributed by atoms with E-state index in [0.29, 0.717) is 19.4 Å². The molecule has 1 rings (SSSR count). The molecule has 0 bridgehead atoms. The minimum absolute atomic E-state index is 0.105. The molecule has 3 nitrogen and oxygen atoms in total. The molecule has 0 aromatic rings. The summed E-state index contributed by atoms with van der Waals surface area (Å²) in [4.78, 5) is 22.4. The summed E-state index contributed by atoms with van der Waals surface area (Å²) >= 11 is 0. The second kappa shape index (κ2) is 4.94. The van der Waals surface area contributed by atoms with Crippen LogP contribution in [0.1, 0.15) is 33.1 Å². The van der Waals surface area contributed by atoms with Crippen molar-refractivity contribution in [1.82, 2.24) is 0 Å². The summed E-state index contributed by atoms with van der Waals surface area (Å²) in [5, 5.41) is 0. The fraction of sp³-hybridized carbons (Fsp3) is 0.636. The third-order valence-corrected chi connectivity index (χ3v) is 2.52. The Kier molecular flexibility index (Phi) is 3.86. The fourth-order valence-corrected chi connectivity index (χ4v) is 1.61. The molecule has 0 radical (unpaired) electrons. The van der Waals surface area contributed by atoms with Gasteiger partial charge < -0.3 is 4.74 Å². The topological polar surface area (TPSA) is 43.4 Å². The number of allylic oxidation sites excluding steroid dienone is 1. The zero-order valence-corrected chi connectivity index (χ0v) is 8.71. The van der Waals surface area contributed by atoms with Crippen molar-refractivity contribution in [2.24, 2.45) is 5.92 Å². The van der Waals surface area contributed by atoms with Gasteiger partial charge >= 0.3 is 5.97 Å². The Morgan fingerprint density at radius 3 is 2.71 bits per heavy atom. The Morgan fingerprint density at radius 1 is 1.57 bits per heavy atom. The zero-order chi connectivity index (χ0) is 10.6. The highest BCUT2D eigenvalue weighted by Gasteiger charge is 2.21. The van der Waals surface area contributed by atoms with E-state index in [9.17, 15) is 9.59 Å². The van der Waals surface area contributed by atoms with Crippen LogP contribution in [0.4, 0.5) is 0 Å². The first kappa shape index (κ1) is 11.0. The van der Waals surface area contributed by atoms with E-state index in [4.69, 9.17) is 4.74 Å². The molecular formula is C11H16O3. The number of rotatable bonds is 3. The second-order valence-electron chi connectivity index (χ2n) is 3.53. The van der Waals surface area contributed by atoms with Crippen molar-refractivity contribution in [2.75, 3.05) is 6.61 Å². The molecule has 0 amide bonds. The first-order valence-electron chi connectivity index (χ1n) is 5.01. The number of hydrogen-bond acceptors (Lipinski definition) is 3. The largest absolute Gasteiger partial charge is 0.463 e. The van der Waals surface area contributed by atoms with Crippen LogP contribution in [-0.2, 0) is 14.3 Å². The predicted octanol–water partition coefficient (Wildman–Crippen LogP) is 1.86. The molecule has 14 heavy (non-hydrogen) atoms. The summed E-state index contributed by atoms with van der Waals surface area (Å²) in [7, 11) is 0. The van der Waals surface area contributed by atoms with E-state index in [2.05, 4.69) is 0 Å². The van der Waals surface area contributed by atoms with Gasteiger partial charge in [0.1, 0.15) is 5.78 Å². The highest BCUT2D eigenvalue weighted by molar-refractivity contribution is 5.89. The van der Waals surface area contributed by atoms with Gasteiger partial charge in [0.2, 0.25) is 0 Å². The van der Waals surface area contributed by atoms with E-state index in [-0.39, 0.29) is 17.7 Å². The van der Waals surface area contributed by atoms with Crippen LogP contribution in [0.25, 0.3) is 0 Å². The summed E-state index contributed by atoms with van der Waals surface area (Å²) in [6.45, 7) is 3.81. The SMILES string of the molecule is CCOC(=O)C1=CC[C@H](C(C)=O)CC1. The van der Waals surface area contributed by atoms with Crippen LogP contribution in [0.2, 0.25) is 0 Å². The van der Waals surface area contributed by atoms with Crippen molar-refractivity contribution in [3.63, 3.8) is 0 Å². The fourth-order valence-electron chi connectivity index (χ4n) is 1.61. The number of carbonyl (C=O) groups is 2. The van der Waals surface area contributed by atoms with Gasteiger partial charge in [-0.15, -0.1) is 0 Å². The van der Waals surface area contributed by atoms with Crippen molar-refractivity contribution in [1.29, 1.82) is 0 Å². The maximum atomic E-state index is 11.3. The zero-order valence-electron chi connectivity index (χ0n) is 8.71. The molecule has 0 fully saturated rings. The molecule has 0 spiro atoms. The minimum atomic E-state index is -0.227. The maximum Gasteiger partial charge on any atom is 0.333 e. The molecule has 0 unspecified atom stereocenters. The lowest BCUT2D eigenvalue weighted by atomic mass is 9.87. The van der Waals surface area contributed by atoms with Gasteiger partial charge in [-0.3, -0.25) is 4.79 Å². The summed E-state index contributed by atoms with van der Waals surface area (Å²) in [5.74, 6) is 0.0897. The third-order valence-electron chi connectivity index (χ3n) is 2.52. The Bertz CT molecular complexity index is 266. The van der Waals surface area contributed by atoms with Crippen LogP contribution in [0, 0.1) is 5.92 Å². The summed E-state index contributed by atoms with van der Waals surface area (Å²) in [6.07, 6.45) is 3.97. The molecule has 0 aromatic heterocycles. The Balaban J connectivity index is 2.52. The van der Waals surface area contributed by atoms with Gasteiger partial charge in [-0.25, -0.2) is 4.79 Å². The highest BCUT2D eigenvalue weighted by atomic mass is 16.5.